The number of sulfonamides is 1. The molecule has 1 aromatic carbocycles. The zero-order valence-electron chi connectivity index (χ0n) is 14.2. The largest absolute Gasteiger partial charge is 0.478 e. The molecule has 7 nitrogen and oxygen atoms in total. The molecular formula is C16H18N2O5S2. The normalized spacial score (nSPS) is 11.6. The number of carbonyl (C=O) groups excluding carboxylic acids is 1. The Kier molecular flexibility index (Phi) is 5.31. The molecule has 0 bridgehead atoms. The summed E-state index contributed by atoms with van der Waals surface area (Å²) in [7, 11) is -0.977. The van der Waals surface area contributed by atoms with Crippen LogP contribution in [-0.2, 0) is 10.0 Å². The third-order valence-corrected chi connectivity index (χ3v) is 6.54. The fourth-order valence-electron chi connectivity index (χ4n) is 2.26. The molecule has 0 aliphatic heterocycles. The van der Waals surface area contributed by atoms with Crippen LogP contribution in [0.1, 0.15) is 31.2 Å². The number of rotatable bonds is 5. The number of thiophene rings is 1. The Morgan fingerprint density at radius 2 is 1.80 bits per heavy atom. The molecule has 0 unspecified atom stereocenters. The molecule has 2 aromatic rings. The molecule has 1 heterocycles. The quantitative estimate of drug-likeness (QED) is 0.827. The molecule has 0 aliphatic carbocycles. The highest BCUT2D eigenvalue weighted by molar-refractivity contribution is 7.89. The minimum atomic E-state index is -3.75. The lowest BCUT2D eigenvalue weighted by molar-refractivity contribution is 0.0695. The average molecular weight is 382 g/mol. The minimum Gasteiger partial charge on any atom is -0.478 e. The molecule has 1 amide bonds. The molecule has 0 saturated carbocycles. The zero-order valence-corrected chi connectivity index (χ0v) is 15.8. The Morgan fingerprint density at radius 1 is 1.16 bits per heavy atom. The number of carboxylic acids is 1. The van der Waals surface area contributed by atoms with Crippen LogP contribution in [0.3, 0.4) is 0 Å². The van der Waals surface area contributed by atoms with Crippen LogP contribution in [0.4, 0.5) is 5.69 Å². The summed E-state index contributed by atoms with van der Waals surface area (Å²) >= 11 is 1.01. The molecule has 25 heavy (non-hydrogen) atoms. The zero-order chi connectivity index (χ0) is 18.9. The van der Waals surface area contributed by atoms with Gasteiger partial charge in [-0.25, -0.2) is 17.5 Å². The van der Waals surface area contributed by atoms with Gasteiger partial charge in [0.25, 0.3) is 5.91 Å². The second kappa shape index (κ2) is 6.95. The Balaban J connectivity index is 2.42. The fraction of sp³-hybridized carbons (Fsp3) is 0.250. The molecule has 0 spiro atoms. The van der Waals surface area contributed by atoms with E-state index in [1.54, 1.807) is 19.9 Å². The van der Waals surface area contributed by atoms with Gasteiger partial charge in [-0.3, -0.25) is 4.79 Å². The summed E-state index contributed by atoms with van der Waals surface area (Å²) in [5.41, 5.74) is 1.67. The van der Waals surface area contributed by atoms with Crippen molar-refractivity contribution in [1.29, 1.82) is 0 Å². The van der Waals surface area contributed by atoms with Gasteiger partial charge in [0.05, 0.1) is 5.56 Å². The third-order valence-electron chi connectivity index (χ3n) is 3.64. The number of carbonyl (C=O) groups is 2. The van der Waals surface area contributed by atoms with Crippen LogP contribution in [0, 0.1) is 13.8 Å². The van der Waals surface area contributed by atoms with Crippen molar-refractivity contribution in [3.8, 4) is 0 Å². The van der Waals surface area contributed by atoms with Crippen molar-refractivity contribution in [2.75, 3.05) is 19.4 Å². The number of hydrogen-bond acceptors (Lipinski definition) is 5. The fourth-order valence-corrected chi connectivity index (χ4v) is 4.45. The Morgan fingerprint density at radius 3 is 2.36 bits per heavy atom. The van der Waals surface area contributed by atoms with Crippen molar-refractivity contribution >= 4 is 38.9 Å². The van der Waals surface area contributed by atoms with Crippen molar-refractivity contribution in [1.82, 2.24) is 4.31 Å². The van der Waals surface area contributed by atoms with Gasteiger partial charge in [0.1, 0.15) is 9.77 Å². The van der Waals surface area contributed by atoms with Crippen molar-refractivity contribution in [2.45, 2.75) is 18.7 Å². The van der Waals surface area contributed by atoms with Gasteiger partial charge in [0, 0.05) is 19.8 Å². The van der Waals surface area contributed by atoms with Gasteiger partial charge in [-0.1, -0.05) is 6.07 Å². The van der Waals surface area contributed by atoms with E-state index in [1.807, 2.05) is 0 Å². The SMILES string of the molecule is Cc1cc(C)c(C(=O)O)cc1NC(=O)c1sccc1S(=O)(=O)N(C)C. The monoisotopic (exact) mass is 382 g/mol. The molecular weight excluding hydrogens is 364 g/mol. The third kappa shape index (κ3) is 3.73. The topological polar surface area (TPSA) is 104 Å². The van der Waals surface area contributed by atoms with Crippen LogP contribution in [0.2, 0.25) is 0 Å². The first kappa shape index (κ1) is 19.1. The van der Waals surface area contributed by atoms with E-state index in [0.717, 1.165) is 15.6 Å². The molecule has 134 valence electrons. The number of nitrogens with one attached hydrogen (secondary N) is 1. The first-order valence-electron chi connectivity index (χ1n) is 7.21. The molecule has 2 N–H and O–H groups in total. The maximum atomic E-state index is 12.6. The summed E-state index contributed by atoms with van der Waals surface area (Å²) in [5, 5.41) is 13.4. The van der Waals surface area contributed by atoms with Gasteiger partial charge >= 0.3 is 5.97 Å². The molecule has 0 saturated heterocycles. The first-order valence-corrected chi connectivity index (χ1v) is 9.53. The highest BCUT2D eigenvalue weighted by Gasteiger charge is 2.26. The van der Waals surface area contributed by atoms with Crippen LogP contribution >= 0.6 is 11.3 Å². The van der Waals surface area contributed by atoms with E-state index >= 15 is 0 Å². The first-order chi connectivity index (χ1) is 11.6. The molecule has 0 radical (unpaired) electrons. The van der Waals surface area contributed by atoms with E-state index in [-0.39, 0.29) is 15.3 Å². The van der Waals surface area contributed by atoms with Gasteiger partial charge in [-0.05, 0) is 42.5 Å². The summed E-state index contributed by atoms with van der Waals surface area (Å²) in [6.45, 7) is 3.41. The Bertz CT molecular complexity index is 945. The number of amides is 1. The number of hydrogen-bond donors (Lipinski definition) is 2. The lowest BCUT2D eigenvalue weighted by Crippen LogP contribution is -2.24. The van der Waals surface area contributed by atoms with Crippen LogP contribution in [-0.4, -0.2) is 43.8 Å². The van der Waals surface area contributed by atoms with E-state index in [4.69, 9.17) is 0 Å². The number of benzene rings is 1. The van der Waals surface area contributed by atoms with Crippen molar-refractivity contribution in [3.63, 3.8) is 0 Å². The maximum Gasteiger partial charge on any atom is 0.336 e. The van der Waals surface area contributed by atoms with E-state index < -0.39 is 21.9 Å². The van der Waals surface area contributed by atoms with Gasteiger partial charge in [0.2, 0.25) is 10.0 Å². The molecule has 9 heteroatoms. The van der Waals surface area contributed by atoms with E-state index in [2.05, 4.69) is 5.32 Å². The number of aromatic carboxylic acids is 1. The number of nitrogens with zero attached hydrogens (tertiary/aromatic N) is 1. The lowest BCUT2D eigenvalue weighted by Gasteiger charge is -2.13. The lowest BCUT2D eigenvalue weighted by atomic mass is 10.0. The predicted molar refractivity (Wildman–Crippen MR) is 96.0 cm³/mol. The molecule has 1 aromatic heterocycles. The number of carboxylic acid groups (broad SMARTS) is 1. The van der Waals surface area contributed by atoms with Crippen molar-refractivity contribution < 1.29 is 23.1 Å². The second-order valence-corrected chi connectivity index (χ2v) is 8.68. The average Bonchev–Trinajstić information content (AvgIpc) is 2.99. The van der Waals surface area contributed by atoms with Crippen molar-refractivity contribution in [3.05, 3.63) is 45.1 Å². The number of aryl methyl sites for hydroxylation is 2. The highest BCUT2D eigenvalue weighted by atomic mass is 32.2. The van der Waals surface area contributed by atoms with E-state index in [1.165, 1.54) is 31.6 Å². The van der Waals surface area contributed by atoms with E-state index in [9.17, 15) is 23.1 Å². The van der Waals surface area contributed by atoms with Crippen LogP contribution in [0.5, 0.6) is 0 Å². The summed E-state index contributed by atoms with van der Waals surface area (Å²) in [5.74, 6) is -1.70. The molecule has 0 aliphatic rings. The summed E-state index contributed by atoms with van der Waals surface area (Å²) in [6.07, 6.45) is 0. The van der Waals surface area contributed by atoms with Crippen LogP contribution in [0.25, 0.3) is 0 Å². The summed E-state index contributed by atoms with van der Waals surface area (Å²) in [4.78, 5) is 23.8. The maximum absolute atomic E-state index is 12.6. The molecule has 0 fully saturated rings. The summed E-state index contributed by atoms with van der Waals surface area (Å²) < 4.78 is 25.6. The van der Waals surface area contributed by atoms with Gasteiger partial charge in [0.15, 0.2) is 0 Å². The minimum absolute atomic E-state index is 0.0468. The predicted octanol–water partition coefficient (Wildman–Crippen LogP) is 2.57. The molecule has 2 rings (SSSR count). The van der Waals surface area contributed by atoms with Crippen molar-refractivity contribution in [2.24, 2.45) is 0 Å². The Labute approximate surface area is 150 Å². The molecule has 0 atom stereocenters. The second-order valence-electron chi connectivity index (χ2n) is 5.64. The van der Waals surface area contributed by atoms with Crippen LogP contribution in [0.15, 0.2) is 28.5 Å². The van der Waals surface area contributed by atoms with Crippen LogP contribution < -0.4 is 5.32 Å². The summed E-state index contributed by atoms with van der Waals surface area (Å²) in [6, 6.07) is 4.41. The van der Waals surface area contributed by atoms with Gasteiger partial charge in [-0.2, -0.15) is 0 Å². The van der Waals surface area contributed by atoms with Gasteiger partial charge in [-0.15, -0.1) is 11.3 Å². The van der Waals surface area contributed by atoms with Gasteiger partial charge < -0.3 is 10.4 Å². The Hall–Kier alpha value is -2.23. The standard InChI is InChI=1S/C16H18N2O5S2/c1-9-7-10(2)12(8-11(9)16(20)21)17-15(19)14-13(5-6-24-14)25(22,23)18(3)4/h5-8H,1-4H3,(H,17,19)(H,20,21). The van der Waals surface area contributed by atoms with E-state index in [0.29, 0.717) is 16.8 Å². The smallest absolute Gasteiger partial charge is 0.336 e. The highest BCUT2D eigenvalue weighted by Crippen LogP contribution is 2.27. The number of anilines is 1.